The third-order valence-corrected chi connectivity index (χ3v) is 1.88. The molecule has 56 valence electrons. The second-order valence-corrected chi connectivity index (χ2v) is 2.70. The number of hydrogen-bond donors (Lipinski definition) is 1. The second-order valence-electron chi connectivity index (χ2n) is 1.95. The lowest BCUT2D eigenvalue weighted by Crippen LogP contribution is -2.09. The Morgan fingerprint density at radius 2 is 2.45 bits per heavy atom. The van der Waals surface area contributed by atoms with E-state index < -0.39 is 0 Å². The molecule has 0 fully saturated rings. The molecule has 5 nitrogen and oxygen atoms in total. The molecule has 0 atom stereocenters. The van der Waals surface area contributed by atoms with Crippen molar-refractivity contribution in [2.45, 2.75) is 0 Å². The number of hydrogen-bond acceptors (Lipinski definition) is 3. The fourth-order valence-electron chi connectivity index (χ4n) is 0.822. The Morgan fingerprint density at radius 1 is 1.64 bits per heavy atom. The van der Waals surface area contributed by atoms with Crippen LogP contribution in [0.5, 0.6) is 0 Å². The highest BCUT2D eigenvalue weighted by Crippen LogP contribution is 2.08. The molecule has 0 bridgehead atoms. The number of nitrogens with zero attached hydrogens (tertiary/aromatic N) is 3. The van der Waals surface area contributed by atoms with Gasteiger partial charge in [-0.3, -0.25) is 4.79 Å². The van der Waals surface area contributed by atoms with Crippen LogP contribution in [0.3, 0.4) is 0 Å². The molecule has 2 aromatic heterocycles. The van der Waals surface area contributed by atoms with Crippen molar-refractivity contribution in [3.63, 3.8) is 0 Å². The van der Waals surface area contributed by atoms with Crippen molar-refractivity contribution >= 4 is 21.4 Å². The molecule has 0 aliphatic rings. The molecule has 1 N–H and O–H groups in total. The quantitative estimate of drug-likeness (QED) is 0.681. The Bertz CT molecular complexity index is 445. The molecule has 2 heterocycles. The number of halogens is 1. The molecule has 0 aromatic carbocycles. The van der Waals surface area contributed by atoms with Crippen molar-refractivity contribution in [2.75, 3.05) is 0 Å². The maximum Gasteiger partial charge on any atom is 0.277 e. The van der Waals surface area contributed by atoms with E-state index in [-0.39, 0.29) is 5.56 Å². The summed E-state index contributed by atoms with van der Waals surface area (Å²) in [5.74, 6) is 0. The summed E-state index contributed by atoms with van der Waals surface area (Å²) in [4.78, 5) is 17.4. The summed E-state index contributed by atoms with van der Waals surface area (Å²) in [6.07, 6.45) is 2.79. The van der Waals surface area contributed by atoms with Gasteiger partial charge in [-0.2, -0.15) is 5.10 Å². The van der Waals surface area contributed by atoms with Crippen LogP contribution >= 0.6 is 15.9 Å². The van der Waals surface area contributed by atoms with Crippen LogP contribution in [0, 0.1) is 0 Å². The van der Waals surface area contributed by atoms with Gasteiger partial charge in [-0.15, -0.1) is 0 Å². The molecule has 0 aliphatic heterocycles. The number of nitrogens with one attached hydrogen (secondary N) is 1. The first kappa shape index (κ1) is 6.53. The summed E-state index contributed by atoms with van der Waals surface area (Å²) in [5.41, 5.74) is 0.219. The molecule has 11 heavy (non-hydrogen) atoms. The van der Waals surface area contributed by atoms with Crippen LogP contribution in [-0.4, -0.2) is 19.6 Å². The topological polar surface area (TPSA) is 63.0 Å². The maximum absolute atomic E-state index is 11.1. The van der Waals surface area contributed by atoms with E-state index in [1.807, 2.05) is 0 Å². The van der Waals surface area contributed by atoms with Gasteiger partial charge in [-0.25, -0.2) is 9.50 Å². The lowest BCUT2D eigenvalue weighted by molar-refractivity contribution is 0.879. The van der Waals surface area contributed by atoms with Crippen molar-refractivity contribution in [2.24, 2.45) is 0 Å². The minimum atomic E-state index is -0.204. The lowest BCUT2D eigenvalue weighted by atomic mass is 10.6. The van der Waals surface area contributed by atoms with E-state index in [2.05, 4.69) is 31.0 Å². The smallest absolute Gasteiger partial charge is 0.277 e. The molecule has 2 rings (SSSR count). The van der Waals surface area contributed by atoms with Gasteiger partial charge in [0.1, 0.15) is 17.3 Å². The van der Waals surface area contributed by atoms with Crippen LogP contribution in [-0.2, 0) is 0 Å². The standard InChI is InChI=1S/C5H3BrN4O/c6-4-3-5(11)7-1-9-10(3)2-8-4/h1-2H,(H,7,9,11). The zero-order valence-corrected chi connectivity index (χ0v) is 6.87. The largest absolute Gasteiger partial charge is 0.310 e. The number of aromatic nitrogens is 4. The predicted molar refractivity (Wildman–Crippen MR) is 41.3 cm³/mol. The van der Waals surface area contributed by atoms with Gasteiger partial charge in [-0.05, 0) is 15.9 Å². The summed E-state index contributed by atoms with van der Waals surface area (Å²) in [6, 6.07) is 0. The van der Waals surface area contributed by atoms with E-state index in [1.165, 1.54) is 17.2 Å². The molecule has 2 aromatic rings. The van der Waals surface area contributed by atoms with Crippen LogP contribution in [0.25, 0.3) is 5.52 Å². The normalized spacial score (nSPS) is 10.6. The van der Waals surface area contributed by atoms with Crippen LogP contribution in [0.1, 0.15) is 0 Å². The molecule has 0 saturated heterocycles. The first-order valence-corrected chi connectivity index (χ1v) is 3.65. The maximum atomic E-state index is 11.1. The van der Waals surface area contributed by atoms with Gasteiger partial charge >= 0.3 is 0 Å². The third kappa shape index (κ3) is 0.864. The summed E-state index contributed by atoms with van der Waals surface area (Å²) in [7, 11) is 0. The zero-order valence-electron chi connectivity index (χ0n) is 5.28. The predicted octanol–water partition coefficient (Wildman–Crippen LogP) is 0.180. The summed E-state index contributed by atoms with van der Waals surface area (Å²) < 4.78 is 1.91. The Balaban J connectivity index is 3.08. The Hall–Kier alpha value is -1.17. The highest BCUT2D eigenvalue weighted by Gasteiger charge is 2.03. The van der Waals surface area contributed by atoms with E-state index in [1.54, 1.807) is 0 Å². The summed E-state index contributed by atoms with van der Waals surface area (Å²) in [6.45, 7) is 0. The first-order chi connectivity index (χ1) is 5.29. The van der Waals surface area contributed by atoms with Gasteiger partial charge in [0.05, 0.1) is 0 Å². The highest BCUT2D eigenvalue weighted by atomic mass is 79.9. The average molecular weight is 215 g/mol. The Kier molecular flexibility index (Phi) is 1.28. The number of imidazole rings is 1. The van der Waals surface area contributed by atoms with Crippen molar-refractivity contribution in [1.29, 1.82) is 0 Å². The van der Waals surface area contributed by atoms with Crippen molar-refractivity contribution < 1.29 is 0 Å². The molecule has 0 amide bonds. The molecule has 0 saturated carbocycles. The molecular formula is C5H3BrN4O. The van der Waals surface area contributed by atoms with E-state index in [0.29, 0.717) is 10.1 Å². The SMILES string of the molecule is O=c1[nH]cnn2cnc(Br)c12. The molecule has 0 aliphatic carbocycles. The van der Waals surface area contributed by atoms with E-state index in [9.17, 15) is 4.79 Å². The molecule has 0 unspecified atom stereocenters. The Morgan fingerprint density at radius 3 is 3.18 bits per heavy atom. The molecular weight excluding hydrogens is 212 g/mol. The zero-order chi connectivity index (χ0) is 7.84. The number of rotatable bonds is 0. The van der Waals surface area contributed by atoms with E-state index in [4.69, 9.17) is 0 Å². The fourth-order valence-corrected chi connectivity index (χ4v) is 1.28. The summed E-state index contributed by atoms with van der Waals surface area (Å²) >= 11 is 3.13. The lowest BCUT2D eigenvalue weighted by Gasteiger charge is -1.87. The average Bonchev–Trinajstić information content (AvgIpc) is 2.34. The van der Waals surface area contributed by atoms with E-state index >= 15 is 0 Å². The molecule has 0 spiro atoms. The van der Waals surface area contributed by atoms with Crippen molar-refractivity contribution in [3.05, 3.63) is 27.6 Å². The number of aromatic amines is 1. The highest BCUT2D eigenvalue weighted by molar-refractivity contribution is 9.10. The molecule has 0 radical (unpaired) electrons. The molecule has 6 heteroatoms. The summed E-state index contributed by atoms with van der Waals surface area (Å²) in [5, 5.41) is 3.83. The van der Waals surface area contributed by atoms with Gasteiger partial charge in [0, 0.05) is 0 Å². The van der Waals surface area contributed by atoms with Gasteiger partial charge in [0.15, 0.2) is 5.52 Å². The van der Waals surface area contributed by atoms with Crippen LogP contribution in [0.2, 0.25) is 0 Å². The first-order valence-electron chi connectivity index (χ1n) is 2.85. The van der Waals surface area contributed by atoms with Gasteiger partial charge in [-0.1, -0.05) is 0 Å². The van der Waals surface area contributed by atoms with E-state index in [0.717, 1.165) is 0 Å². The van der Waals surface area contributed by atoms with Crippen LogP contribution in [0.15, 0.2) is 22.1 Å². The monoisotopic (exact) mass is 214 g/mol. The van der Waals surface area contributed by atoms with Crippen molar-refractivity contribution in [3.8, 4) is 0 Å². The number of fused-ring (bicyclic) bond motifs is 1. The van der Waals surface area contributed by atoms with Gasteiger partial charge in [0.2, 0.25) is 0 Å². The van der Waals surface area contributed by atoms with Crippen LogP contribution < -0.4 is 5.56 Å². The number of H-pyrrole nitrogens is 1. The minimum absolute atomic E-state index is 0.204. The third-order valence-electron chi connectivity index (χ3n) is 1.30. The minimum Gasteiger partial charge on any atom is -0.310 e. The Labute approximate surface area is 69.2 Å². The van der Waals surface area contributed by atoms with Crippen LogP contribution in [0.4, 0.5) is 0 Å². The second kappa shape index (κ2) is 2.16. The fraction of sp³-hybridized carbons (Fsp3) is 0. The van der Waals surface area contributed by atoms with Gasteiger partial charge < -0.3 is 4.98 Å². The van der Waals surface area contributed by atoms with Gasteiger partial charge in [0.25, 0.3) is 5.56 Å². The van der Waals surface area contributed by atoms with Crippen molar-refractivity contribution in [1.82, 2.24) is 19.6 Å².